The third-order valence-corrected chi connectivity index (χ3v) is 3.24. The Hall–Kier alpha value is -1.65. The summed E-state index contributed by atoms with van der Waals surface area (Å²) in [5.41, 5.74) is 0.944. The van der Waals surface area contributed by atoms with E-state index >= 15 is 0 Å². The van der Waals surface area contributed by atoms with Gasteiger partial charge in [-0.15, -0.1) is 0 Å². The first-order valence-corrected chi connectivity index (χ1v) is 5.72. The van der Waals surface area contributed by atoms with E-state index in [0.29, 0.717) is 13.1 Å². The summed E-state index contributed by atoms with van der Waals surface area (Å²) in [5.74, 6) is -1.72. The van der Waals surface area contributed by atoms with Crippen molar-refractivity contribution in [1.29, 1.82) is 0 Å². The molecule has 3 rings (SSSR count). The number of aromatic amines is 1. The van der Waals surface area contributed by atoms with Crippen LogP contribution in [0.3, 0.4) is 0 Å². The molecule has 1 aromatic heterocycles. The number of piperidine rings is 1. The molecule has 1 aromatic carbocycles. The first-order chi connectivity index (χ1) is 8.16. The number of alkyl halides is 2. The summed E-state index contributed by atoms with van der Waals surface area (Å²) >= 11 is 0. The van der Waals surface area contributed by atoms with Gasteiger partial charge in [0.1, 0.15) is 0 Å². The van der Waals surface area contributed by atoms with Crippen LogP contribution in [0, 0.1) is 0 Å². The number of para-hydroxylation sites is 1. The van der Waals surface area contributed by atoms with Crippen LogP contribution in [0.15, 0.2) is 24.3 Å². The molecule has 1 aliphatic heterocycles. The van der Waals surface area contributed by atoms with Crippen LogP contribution in [-0.4, -0.2) is 29.2 Å². The van der Waals surface area contributed by atoms with Crippen LogP contribution in [0.4, 0.5) is 14.6 Å². The Morgan fingerprint density at radius 3 is 2.65 bits per heavy atom. The summed E-state index contributed by atoms with van der Waals surface area (Å²) in [7, 11) is 0. The zero-order valence-electron chi connectivity index (χ0n) is 9.29. The molecular formula is C12H13F2N3. The highest BCUT2D eigenvalue weighted by Gasteiger charge is 2.34. The molecule has 3 nitrogen and oxygen atoms in total. The molecule has 0 atom stereocenters. The minimum absolute atomic E-state index is 0.0891. The molecule has 5 heteroatoms. The molecule has 0 spiro atoms. The molecule has 2 aromatic rings. The van der Waals surface area contributed by atoms with Crippen LogP contribution < -0.4 is 4.90 Å². The van der Waals surface area contributed by atoms with Crippen LogP contribution in [0.2, 0.25) is 0 Å². The van der Waals surface area contributed by atoms with Gasteiger partial charge < -0.3 is 4.90 Å². The number of aromatic nitrogens is 2. The lowest BCUT2D eigenvalue weighted by Crippen LogP contribution is -2.39. The van der Waals surface area contributed by atoms with Crippen molar-refractivity contribution in [3.05, 3.63) is 24.3 Å². The number of nitrogens with one attached hydrogen (secondary N) is 1. The van der Waals surface area contributed by atoms with Gasteiger partial charge in [0.05, 0.1) is 5.52 Å². The number of halogens is 2. The number of rotatable bonds is 1. The highest BCUT2D eigenvalue weighted by Crippen LogP contribution is 2.32. The van der Waals surface area contributed by atoms with E-state index < -0.39 is 5.92 Å². The number of anilines is 1. The van der Waals surface area contributed by atoms with Crippen molar-refractivity contribution in [3.8, 4) is 0 Å². The van der Waals surface area contributed by atoms with Crippen LogP contribution >= 0.6 is 0 Å². The lowest BCUT2D eigenvalue weighted by molar-refractivity contribution is -0.0221. The zero-order valence-corrected chi connectivity index (χ0v) is 9.29. The monoisotopic (exact) mass is 237 g/mol. The van der Waals surface area contributed by atoms with E-state index in [1.54, 1.807) is 0 Å². The fraction of sp³-hybridized carbons (Fsp3) is 0.417. The largest absolute Gasteiger partial charge is 0.354 e. The second kappa shape index (κ2) is 3.68. The Morgan fingerprint density at radius 1 is 1.18 bits per heavy atom. The maximum Gasteiger partial charge on any atom is 0.251 e. The normalized spacial score (nSPS) is 19.8. The van der Waals surface area contributed by atoms with E-state index in [0.717, 1.165) is 16.7 Å². The van der Waals surface area contributed by atoms with Gasteiger partial charge in [0, 0.05) is 31.3 Å². The van der Waals surface area contributed by atoms with Crippen LogP contribution in [0.1, 0.15) is 12.8 Å². The molecule has 0 radical (unpaired) electrons. The van der Waals surface area contributed by atoms with E-state index in [2.05, 4.69) is 10.2 Å². The van der Waals surface area contributed by atoms with E-state index in [4.69, 9.17) is 0 Å². The van der Waals surface area contributed by atoms with Crippen molar-refractivity contribution in [2.45, 2.75) is 18.8 Å². The van der Waals surface area contributed by atoms with E-state index in [1.165, 1.54) is 0 Å². The second-order valence-electron chi connectivity index (χ2n) is 4.44. The molecule has 0 saturated carbocycles. The summed E-state index contributed by atoms with van der Waals surface area (Å²) in [4.78, 5) is 1.93. The molecule has 0 bridgehead atoms. The summed E-state index contributed by atoms with van der Waals surface area (Å²) in [6.45, 7) is 0.726. The predicted octanol–water partition coefficient (Wildman–Crippen LogP) is 2.80. The Kier molecular flexibility index (Phi) is 2.28. The third-order valence-electron chi connectivity index (χ3n) is 3.24. The van der Waals surface area contributed by atoms with Gasteiger partial charge in [-0.2, -0.15) is 5.10 Å². The number of benzene rings is 1. The smallest absolute Gasteiger partial charge is 0.251 e. The van der Waals surface area contributed by atoms with Gasteiger partial charge in [-0.05, 0) is 12.1 Å². The van der Waals surface area contributed by atoms with Crippen molar-refractivity contribution in [1.82, 2.24) is 10.2 Å². The SMILES string of the molecule is FC1(F)CCN(c2n[nH]c3ccccc23)CC1. The second-order valence-corrected chi connectivity index (χ2v) is 4.44. The van der Waals surface area contributed by atoms with Gasteiger partial charge in [-0.1, -0.05) is 12.1 Å². The average Bonchev–Trinajstić information content (AvgIpc) is 2.73. The Labute approximate surface area is 97.4 Å². The van der Waals surface area contributed by atoms with Gasteiger partial charge in [-0.3, -0.25) is 5.10 Å². The van der Waals surface area contributed by atoms with Gasteiger partial charge in [-0.25, -0.2) is 8.78 Å². The average molecular weight is 237 g/mol. The number of nitrogens with zero attached hydrogens (tertiary/aromatic N) is 2. The van der Waals surface area contributed by atoms with E-state index in [9.17, 15) is 8.78 Å². The van der Waals surface area contributed by atoms with Crippen molar-refractivity contribution in [2.75, 3.05) is 18.0 Å². The molecule has 0 unspecified atom stereocenters. The number of hydrogen-bond donors (Lipinski definition) is 1. The first kappa shape index (κ1) is 10.5. The molecule has 1 aliphatic rings. The Bertz CT molecular complexity index is 525. The maximum atomic E-state index is 13.1. The molecule has 2 heterocycles. The molecule has 0 amide bonds. The van der Waals surface area contributed by atoms with Gasteiger partial charge in [0.2, 0.25) is 0 Å². The third kappa shape index (κ3) is 1.85. The lowest BCUT2D eigenvalue weighted by atomic mass is 10.1. The van der Waals surface area contributed by atoms with Crippen molar-refractivity contribution in [2.24, 2.45) is 0 Å². The minimum atomic E-state index is -2.51. The Balaban J connectivity index is 1.90. The van der Waals surface area contributed by atoms with Crippen LogP contribution in [0.25, 0.3) is 10.9 Å². The quantitative estimate of drug-likeness (QED) is 0.827. The van der Waals surface area contributed by atoms with Crippen LogP contribution in [0.5, 0.6) is 0 Å². The number of hydrogen-bond acceptors (Lipinski definition) is 2. The minimum Gasteiger partial charge on any atom is -0.354 e. The van der Waals surface area contributed by atoms with E-state index in [-0.39, 0.29) is 12.8 Å². The molecule has 1 N–H and O–H groups in total. The molecule has 90 valence electrons. The van der Waals surface area contributed by atoms with Gasteiger partial charge in [0.15, 0.2) is 5.82 Å². The summed E-state index contributed by atoms with van der Waals surface area (Å²) in [6.07, 6.45) is -0.178. The van der Waals surface area contributed by atoms with E-state index in [1.807, 2.05) is 29.2 Å². The fourth-order valence-electron chi connectivity index (χ4n) is 2.24. The summed E-state index contributed by atoms with van der Waals surface area (Å²) in [5, 5.41) is 8.15. The standard InChI is InChI=1S/C12H13F2N3/c13-12(14)5-7-17(8-6-12)11-9-3-1-2-4-10(9)15-16-11/h1-4H,5-8H2,(H,15,16). The topological polar surface area (TPSA) is 31.9 Å². The number of fused-ring (bicyclic) bond motifs is 1. The summed E-state index contributed by atoms with van der Waals surface area (Å²) < 4.78 is 26.2. The first-order valence-electron chi connectivity index (χ1n) is 5.72. The molecular weight excluding hydrogens is 224 g/mol. The maximum absolute atomic E-state index is 13.1. The lowest BCUT2D eigenvalue weighted by Gasteiger charge is -2.31. The highest BCUT2D eigenvalue weighted by atomic mass is 19.3. The predicted molar refractivity (Wildman–Crippen MR) is 62.5 cm³/mol. The molecule has 1 fully saturated rings. The number of H-pyrrole nitrogens is 1. The van der Waals surface area contributed by atoms with Crippen molar-refractivity contribution < 1.29 is 8.78 Å². The molecule has 17 heavy (non-hydrogen) atoms. The molecule has 0 aliphatic carbocycles. The zero-order chi connectivity index (χ0) is 11.9. The highest BCUT2D eigenvalue weighted by molar-refractivity contribution is 5.90. The van der Waals surface area contributed by atoms with Gasteiger partial charge in [0.25, 0.3) is 5.92 Å². The Morgan fingerprint density at radius 2 is 1.88 bits per heavy atom. The molecule has 1 saturated heterocycles. The van der Waals surface area contributed by atoms with Gasteiger partial charge >= 0.3 is 0 Å². The fourth-order valence-corrected chi connectivity index (χ4v) is 2.24. The summed E-state index contributed by atoms with van der Waals surface area (Å²) in [6, 6.07) is 7.75. The van der Waals surface area contributed by atoms with Crippen molar-refractivity contribution >= 4 is 16.7 Å². The van der Waals surface area contributed by atoms with Crippen LogP contribution in [-0.2, 0) is 0 Å². The van der Waals surface area contributed by atoms with Crippen molar-refractivity contribution in [3.63, 3.8) is 0 Å².